The molecule has 5 aromatic rings. The summed E-state index contributed by atoms with van der Waals surface area (Å²) >= 11 is 6.68. The minimum Gasteiger partial charge on any atom is -0.440 e. The molecular formula is C32H31ClN4O2. The third-order valence-electron chi connectivity index (χ3n) is 8.13. The van der Waals surface area contributed by atoms with Crippen LogP contribution in [0.5, 0.6) is 0 Å². The van der Waals surface area contributed by atoms with Crippen molar-refractivity contribution in [3.05, 3.63) is 81.7 Å². The number of halogens is 1. The van der Waals surface area contributed by atoms with Crippen LogP contribution in [0.3, 0.4) is 0 Å². The van der Waals surface area contributed by atoms with Gasteiger partial charge in [0.2, 0.25) is 11.8 Å². The van der Waals surface area contributed by atoms with E-state index in [0.29, 0.717) is 22.4 Å². The standard InChI is InChI=1S/C32H31ClN4O2/c1-19-22(7-5-9-24(19)31-35-27-11-12-34-17-29(27)38-31)23-8-6-10-25(20(23)2)32-36-28-16-21(15-26(33)30(28)39-32)18-37-13-3-4-14-37/h5-10,15-16,34H,3-4,11-14,17-18H2,1-2H3. The first-order valence-corrected chi connectivity index (χ1v) is 14.1. The zero-order chi connectivity index (χ0) is 26.5. The van der Waals surface area contributed by atoms with Crippen molar-refractivity contribution in [3.8, 4) is 34.0 Å². The van der Waals surface area contributed by atoms with Crippen molar-refractivity contribution < 1.29 is 8.83 Å². The third kappa shape index (κ3) is 4.46. The smallest absolute Gasteiger partial charge is 0.227 e. The molecule has 0 radical (unpaired) electrons. The largest absolute Gasteiger partial charge is 0.440 e. The molecular weight excluding hydrogens is 508 g/mol. The summed E-state index contributed by atoms with van der Waals surface area (Å²) in [7, 11) is 0. The van der Waals surface area contributed by atoms with Gasteiger partial charge in [-0.1, -0.05) is 35.9 Å². The summed E-state index contributed by atoms with van der Waals surface area (Å²) in [5.41, 5.74) is 10.2. The summed E-state index contributed by atoms with van der Waals surface area (Å²) in [4.78, 5) is 12.2. The summed E-state index contributed by atoms with van der Waals surface area (Å²) in [6.45, 7) is 9.11. The number of nitrogens with zero attached hydrogens (tertiary/aromatic N) is 3. The van der Waals surface area contributed by atoms with Crippen LogP contribution in [0.25, 0.3) is 45.1 Å². The van der Waals surface area contributed by atoms with Gasteiger partial charge in [0.05, 0.1) is 17.3 Å². The van der Waals surface area contributed by atoms with Crippen LogP contribution in [0.2, 0.25) is 5.02 Å². The number of hydrogen-bond donors (Lipinski definition) is 1. The highest BCUT2D eigenvalue weighted by Crippen LogP contribution is 2.38. The molecule has 0 unspecified atom stereocenters. The number of likely N-dealkylation sites (tertiary alicyclic amines) is 1. The molecule has 0 saturated carbocycles. The van der Waals surface area contributed by atoms with E-state index in [1.54, 1.807) is 0 Å². The van der Waals surface area contributed by atoms with Crippen molar-refractivity contribution in [2.75, 3.05) is 19.6 Å². The maximum absolute atomic E-state index is 6.68. The first-order valence-electron chi connectivity index (χ1n) is 13.8. The summed E-state index contributed by atoms with van der Waals surface area (Å²) in [5.74, 6) is 2.22. The van der Waals surface area contributed by atoms with Gasteiger partial charge in [-0.2, -0.15) is 0 Å². The lowest BCUT2D eigenvalue weighted by atomic mass is 9.91. The summed E-state index contributed by atoms with van der Waals surface area (Å²) in [6, 6.07) is 16.7. The maximum Gasteiger partial charge on any atom is 0.227 e. The quantitative estimate of drug-likeness (QED) is 0.253. The Balaban J connectivity index is 1.26. The molecule has 7 heteroatoms. The molecule has 2 aliphatic heterocycles. The fraction of sp³-hybridized carbons (Fsp3) is 0.312. The minimum atomic E-state index is 0.589. The zero-order valence-corrected chi connectivity index (χ0v) is 23.1. The van der Waals surface area contributed by atoms with Crippen molar-refractivity contribution >= 4 is 22.7 Å². The SMILES string of the molecule is Cc1c(-c2nc3c(o2)CNCC3)cccc1-c1cccc(-c2nc3cc(CN4CCCC4)cc(Cl)c3o2)c1C. The molecule has 0 atom stereocenters. The van der Waals surface area contributed by atoms with Gasteiger partial charge in [0.15, 0.2) is 5.58 Å². The molecule has 2 aromatic heterocycles. The Kier molecular flexibility index (Phi) is 6.26. The van der Waals surface area contributed by atoms with E-state index < -0.39 is 0 Å². The Morgan fingerprint density at radius 2 is 1.54 bits per heavy atom. The Morgan fingerprint density at radius 3 is 2.23 bits per heavy atom. The molecule has 198 valence electrons. The molecule has 0 spiro atoms. The second-order valence-corrected chi connectivity index (χ2v) is 11.1. The molecule has 0 aliphatic carbocycles. The molecule has 6 nitrogen and oxygen atoms in total. The summed E-state index contributed by atoms with van der Waals surface area (Å²) in [6.07, 6.45) is 3.42. The molecule has 39 heavy (non-hydrogen) atoms. The Morgan fingerprint density at radius 1 is 0.872 bits per heavy atom. The molecule has 7 rings (SSSR count). The van der Waals surface area contributed by atoms with Gasteiger partial charge in [0.25, 0.3) is 0 Å². The normalized spacial score (nSPS) is 15.8. The molecule has 0 amide bonds. The predicted octanol–water partition coefficient (Wildman–Crippen LogP) is 7.33. The second kappa shape index (κ2) is 9.94. The van der Waals surface area contributed by atoms with E-state index in [-0.39, 0.29) is 0 Å². The first kappa shape index (κ1) is 24.6. The fourth-order valence-corrected chi connectivity index (χ4v) is 6.29. The van der Waals surface area contributed by atoms with E-state index in [4.69, 9.17) is 30.4 Å². The first-order chi connectivity index (χ1) is 19.0. The van der Waals surface area contributed by atoms with Crippen molar-refractivity contribution in [2.45, 2.75) is 46.2 Å². The number of rotatable bonds is 5. The molecule has 1 fully saturated rings. The predicted molar refractivity (Wildman–Crippen MR) is 155 cm³/mol. The summed E-state index contributed by atoms with van der Waals surface area (Å²) < 4.78 is 12.4. The van der Waals surface area contributed by atoms with Crippen LogP contribution in [0.4, 0.5) is 0 Å². The van der Waals surface area contributed by atoms with Crippen LogP contribution >= 0.6 is 11.6 Å². The number of hydrogen-bond acceptors (Lipinski definition) is 6. The minimum absolute atomic E-state index is 0.589. The maximum atomic E-state index is 6.68. The van der Waals surface area contributed by atoms with Crippen molar-refractivity contribution in [2.24, 2.45) is 0 Å². The van der Waals surface area contributed by atoms with Gasteiger partial charge in [0.1, 0.15) is 11.3 Å². The lowest BCUT2D eigenvalue weighted by Gasteiger charge is -2.14. The lowest BCUT2D eigenvalue weighted by Crippen LogP contribution is -2.22. The van der Waals surface area contributed by atoms with Crippen LogP contribution in [0, 0.1) is 13.8 Å². The Hall–Kier alpha value is -3.45. The molecule has 1 N–H and O–H groups in total. The van der Waals surface area contributed by atoms with Crippen LogP contribution in [-0.4, -0.2) is 34.5 Å². The van der Waals surface area contributed by atoms with E-state index in [0.717, 1.165) is 89.5 Å². The van der Waals surface area contributed by atoms with Crippen LogP contribution in [0.15, 0.2) is 57.4 Å². The second-order valence-electron chi connectivity index (χ2n) is 10.7. The van der Waals surface area contributed by atoms with Crippen LogP contribution < -0.4 is 5.32 Å². The number of fused-ring (bicyclic) bond motifs is 2. The molecule has 2 aliphatic rings. The van der Waals surface area contributed by atoms with Gasteiger partial charge in [-0.15, -0.1) is 0 Å². The van der Waals surface area contributed by atoms with E-state index >= 15 is 0 Å². The van der Waals surface area contributed by atoms with Gasteiger partial charge in [-0.25, -0.2) is 9.97 Å². The van der Waals surface area contributed by atoms with E-state index in [1.165, 1.54) is 18.4 Å². The average molecular weight is 539 g/mol. The fourth-order valence-electron chi connectivity index (χ4n) is 6.01. The zero-order valence-electron chi connectivity index (χ0n) is 22.3. The van der Waals surface area contributed by atoms with Gasteiger partial charge in [-0.05, 0) is 91.9 Å². The van der Waals surface area contributed by atoms with E-state index in [2.05, 4.69) is 66.5 Å². The molecule has 3 aromatic carbocycles. The Bertz CT molecular complexity index is 1670. The van der Waals surface area contributed by atoms with Gasteiger partial charge in [0, 0.05) is 30.6 Å². The number of benzene rings is 3. The number of nitrogens with one attached hydrogen (secondary N) is 1. The number of aromatic nitrogens is 2. The van der Waals surface area contributed by atoms with E-state index in [9.17, 15) is 0 Å². The van der Waals surface area contributed by atoms with Gasteiger partial charge < -0.3 is 14.2 Å². The third-order valence-corrected chi connectivity index (χ3v) is 8.41. The van der Waals surface area contributed by atoms with Crippen LogP contribution in [-0.2, 0) is 19.5 Å². The van der Waals surface area contributed by atoms with Gasteiger partial charge >= 0.3 is 0 Å². The highest BCUT2D eigenvalue weighted by atomic mass is 35.5. The van der Waals surface area contributed by atoms with Crippen LogP contribution in [0.1, 0.15) is 41.0 Å². The number of oxazole rings is 2. The molecule has 1 saturated heterocycles. The highest BCUT2D eigenvalue weighted by molar-refractivity contribution is 6.34. The Labute approximate surface area is 233 Å². The average Bonchev–Trinajstić information content (AvgIpc) is 3.69. The lowest BCUT2D eigenvalue weighted by molar-refractivity contribution is 0.331. The molecule has 4 heterocycles. The van der Waals surface area contributed by atoms with Gasteiger partial charge in [-0.3, -0.25) is 4.90 Å². The van der Waals surface area contributed by atoms with Crippen molar-refractivity contribution in [3.63, 3.8) is 0 Å². The van der Waals surface area contributed by atoms with Crippen molar-refractivity contribution in [1.82, 2.24) is 20.2 Å². The summed E-state index contributed by atoms with van der Waals surface area (Å²) in [5, 5.41) is 3.97. The highest BCUT2D eigenvalue weighted by Gasteiger charge is 2.22. The molecule has 0 bridgehead atoms. The topological polar surface area (TPSA) is 67.3 Å². The van der Waals surface area contributed by atoms with E-state index in [1.807, 2.05) is 6.07 Å². The monoisotopic (exact) mass is 538 g/mol. The van der Waals surface area contributed by atoms with Crippen molar-refractivity contribution in [1.29, 1.82) is 0 Å².